The van der Waals surface area contributed by atoms with E-state index in [1.807, 2.05) is 30.3 Å². The maximum atomic E-state index is 11.5. The molecule has 146 valence electrons. The number of carbonyl (C=O) groups is 1. The van der Waals surface area contributed by atoms with Crippen molar-refractivity contribution in [1.82, 2.24) is 5.32 Å². The van der Waals surface area contributed by atoms with Crippen LogP contribution in [-0.2, 0) is 0 Å². The molecule has 0 aliphatic heterocycles. The van der Waals surface area contributed by atoms with Gasteiger partial charge >= 0.3 is 0 Å². The number of rotatable bonds is 10. The Balaban J connectivity index is 1.80. The zero-order valence-electron chi connectivity index (χ0n) is 17.2. The highest BCUT2D eigenvalue weighted by Crippen LogP contribution is 2.28. The van der Waals surface area contributed by atoms with E-state index in [2.05, 4.69) is 45.1 Å². The Morgan fingerprint density at radius 1 is 1.04 bits per heavy atom. The third-order valence-electron chi connectivity index (χ3n) is 4.50. The van der Waals surface area contributed by atoms with Crippen LogP contribution in [0.15, 0.2) is 42.5 Å². The smallest absolute Gasteiger partial charge is 0.153 e. The van der Waals surface area contributed by atoms with E-state index in [9.17, 15) is 4.79 Å². The van der Waals surface area contributed by atoms with E-state index < -0.39 is 0 Å². The van der Waals surface area contributed by atoms with Gasteiger partial charge in [-0.2, -0.15) is 0 Å². The molecule has 2 rings (SSSR count). The molecule has 3 nitrogen and oxygen atoms in total. The highest BCUT2D eigenvalue weighted by atomic mass is 16.5. The van der Waals surface area contributed by atoms with Crippen LogP contribution in [0.1, 0.15) is 56.0 Å². The molecule has 27 heavy (non-hydrogen) atoms. The summed E-state index contributed by atoms with van der Waals surface area (Å²) in [5.74, 6) is 0.674. The molecule has 0 atom stereocenters. The number of hydrogen-bond donors (Lipinski definition) is 1. The number of carbonyl (C=O) groups excluding carboxylic acids is 1. The van der Waals surface area contributed by atoms with Crippen molar-refractivity contribution < 1.29 is 9.53 Å². The fourth-order valence-corrected chi connectivity index (χ4v) is 3.01. The number of aldehydes is 1. The summed E-state index contributed by atoms with van der Waals surface area (Å²) in [6, 6.07) is 14.1. The SMILES string of the molecule is Cc1ccccc1-c1ccc(OCCCCCNCC(C)(C)C)c(C=O)c1. The molecule has 2 aromatic rings. The molecule has 0 spiro atoms. The first-order chi connectivity index (χ1) is 12.9. The van der Waals surface area contributed by atoms with E-state index in [1.165, 1.54) is 5.56 Å². The van der Waals surface area contributed by atoms with Crippen LogP contribution in [-0.4, -0.2) is 26.0 Å². The monoisotopic (exact) mass is 367 g/mol. The van der Waals surface area contributed by atoms with Crippen molar-refractivity contribution in [2.75, 3.05) is 19.7 Å². The molecule has 0 fully saturated rings. The first kappa shape index (κ1) is 21.2. The molecule has 0 saturated carbocycles. The van der Waals surface area contributed by atoms with Crippen molar-refractivity contribution in [2.24, 2.45) is 5.41 Å². The van der Waals surface area contributed by atoms with Gasteiger partial charge in [0.15, 0.2) is 6.29 Å². The molecule has 0 aliphatic rings. The lowest BCUT2D eigenvalue weighted by Gasteiger charge is -2.18. The van der Waals surface area contributed by atoms with Crippen LogP contribution in [0.3, 0.4) is 0 Å². The normalized spacial score (nSPS) is 11.4. The fraction of sp³-hybridized carbons (Fsp3) is 0.458. The highest BCUT2D eigenvalue weighted by molar-refractivity contribution is 5.83. The van der Waals surface area contributed by atoms with Crippen molar-refractivity contribution in [1.29, 1.82) is 0 Å². The van der Waals surface area contributed by atoms with Gasteiger partial charge in [-0.3, -0.25) is 4.79 Å². The molecule has 0 aliphatic carbocycles. The summed E-state index contributed by atoms with van der Waals surface area (Å²) in [4.78, 5) is 11.5. The molecule has 0 radical (unpaired) electrons. The van der Waals surface area contributed by atoms with Crippen molar-refractivity contribution in [2.45, 2.75) is 47.0 Å². The quantitative estimate of drug-likeness (QED) is 0.435. The van der Waals surface area contributed by atoms with E-state index >= 15 is 0 Å². The number of unbranched alkanes of at least 4 members (excludes halogenated alkanes) is 2. The Labute approximate surface area is 164 Å². The number of nitrogens with one attached hydrogen (secondary N) is 1. The lowest BCUT2D eigenvalue weighted by molar-refractivity contribution is 0.111. The zero-order valence-corrected chi connectivity index (χ0v) is 17.2. The van der Waals surface area contributed by atoms with Gasteiger partial charge in [0.05, 0.1) is 12.2 Å². The Hall–Kier alpha value is -2.13. The second-order valence-corrected chi connectivity index (χ2v) is 8.33. The predicted molar refractivity (Wildman–Crippen MR) is 114 cm³/mol. The third kappa shape index (κ3) is 7.18. The standard InChI is InChI=1S/C24H33NO2/c1-19-10-6-7-11-22(19)20-12-13-23(21(16-20)17-26)27-15-9-5-8-14-25-18-24(2,3)4/h6-7,10-13,16-17,25H,5,8-9,14-15,18H2,1-4H3. The lowest BCUT2D eigenvalue weighted by atomic mass is 9.97. The van der Waals surface area contributed by atoms with Crippen molar-refractivity contribution in [3.8, 4) is 16.9 Å². The topological polar surface area (TPSA) is 38.3 Å². The van der Waals surface area contributed by atoms with E-state index in [0.29, 0.717) is 23.3 Å². The molecule has 0 heterocycles. The highest BCUT2D eigenvalue weighted by Gasteiger charge is 2.09. The molecule has 0 amide bonds. The van der Waals surface area contributed by atoms with Gasteiger partial charge in [-0.15, -0.1) is 0 Å². The summed E-state index contributed by atoms with van der Waals surface area (Å²) in [5.41, 5.74) is 4.34. The van der Waals surface area contributed by atoms with Crippen LogP contribution in [0, 0.1) is 12.3 Å². The van der Waals surface area contributed by atoms with Crippen LogP contribution in [0.5, 0.6) is 5.75 Å². The summed E-state index contributed by atoms with van der Waals surface area (Å²) < 4.78 is 5.86. The Kier molecular flexibility index (Phi) is 8.05. The van der Waals surface area contributed by atoms with E-state index in [4.69, 9.17) is 4.74 Å². The van der Waals surface area contributed by atoms with Crippen molar-refractivity contribution in [3.63, 3.8) is 0 Å². The van der Waals surface area contributed by atoms with E-state index in [0.717, 1.165) is 49.8 Å². The second-order valence-electron chi connectivity index (χ2n) is 8.33. The predicted octanol–water partition coefficient (Wildman–Crippen LogP) is 5.66. The van der Waals surface area contributed by atoms with Gasteiger partial charge in [0.2, 0.25) is 0 Å². The minimum absolute atomic E-state index is 0.332. The van der Waals surface area contributed by atoms with E-state index in [1.54, 1.807) is 0 Å². The Morgan fingerprint density at radius 2 is 1.81 bits per heavy atom. The summed E-state index contributed by atoms with van der Waals surface area (Å²) >= 11 is 0. The first-order valence-electron chi connectivity index (χ1n) is 9.89. The minimum atomic E-state index is 0.332. The summed E-state index contributed by atoms with van der Waals surface area (Å²) in [7, 11) is 0. The number of aryl methyl sites for hydroxylation is 1. The van der Waals surface area contributed by atoms with E-state index in [-0.39, 0.29) is 0 Å². The van der Waals surface area contributed by atoms with Crippen LogP contribution in [0.2, 0.25) is 0 Å². The van der Waals surface area contributed by atoms with Gasteiger partial charge < -0.3 is 10.1 Å². The summed E-state index contributed by atoms with van der Waals surface area (Å²) in [6.45, 7) is 11.5. The Bertz CT molecular complexity index is 731. The molecule has 3 heteroatoms. The maximum absolute atomic E-state index is 11.5. The van der Waals surface area contributed by atoms with Gasteiger partial charge in [0.1, 0.15) is 5.75 Å². The van der Waals surface area contributed by atoms with Crippen LogP contribution in [0.4, 0.5) is 0 Å². The third-order valence-corrected chi connectivity index (χ3v) is 4.50. The fourth-order valence-electron chi connectivity index (χ4n) is 3.01. The molecule has 2 aromatic carbocycles. The molecule has 1 N–H and O–H groups in total. The van der Waals surface area contributed by atoms with Gasteiger partial charge in [0, 0.05) is 0 Å². The van der Waals surface area contributed by atoms with Gasteiger partial charge in [-0.1, -0.05) is 51.1 Å². The lowest BCUT2D eigenvalue weighted by Crippen LogP contribution is -2.27. The van der Waals surface area contributed by atoms with Gasteiger partial charge in [-0.05, 0) is 73.5 Å². The van der Waals surface area contributed by atoms with Crippen LogP contribution < -0.4 is 10.1 Å². The summed E-state index contributed by atoms with van der Waals surface area (Å²) in [5, 5.41) is 3.49. The molecular weight excluding hydrogens is 334 g/mol. The summed E-state index contributed by atoms with van der Waals surface area (Å²) in [6.07, 6.45) is 4.14. The zero-order chi connectivity index (χ0) is 19.7. The molecule has 0 saturated heterocycles. The minimum Gasteiger partial charge on any atom is -0.493 e. The van der Waals surface area contributed by atoms with Crippen LogP contribution >= 0.6 is 0 Å². The van der Waals surface area contributed by atoms with Gasteiger partial charge in [-0.25, -0.2) is 0 Å². The van der Waals surface area contributed by atoms with Crippen molar-refractivity contribution >= 4 is 6.29 Å². The first-order valence-corrected chi connectivity index (χ1v) is 9.89. The number of ether oxygens (including phenoxy) is 1. The average Bonchev–Trinajstić information content (AvgIpc) is 2.63. The maximum Gasteiger partial charge on any atom is 0.153 e. The number of benzene rings is 2. The molecular formula is C24H33NO2. The molecule has 0 unspecified atom stereocenters. The Morgan fingerprint density at radius 3 is 2.52 bits per heavy atom. The van der Waals surface area contributed by atoms with Gasteiger partial charge in [0.25, 0.3) is 0 Å². The van der Waals surface area contributed by atoms with Crippen LogP contribution in [0.25, 0.3) is 11.1 Å². The number of hydrogen-bond acceptors (Lipinski definition) is 3. The van der Waals surface area contributed by atoms with Crippen molar-refractivity contribution in [3.05, 3.63) is 53.6 Å². The second kappa shape index (κ2) is 10.3. The molecule has 0 bridgehead atoms. The average molecular weight is 368 g/mol. The largest absolute Gasteiger partial charge is 0.493 e. The molecule has 0 aromatic heterocycles.